The quantitative estimate of drug-likeness (QED) is 0.414. The molecule has 34 heavy (non-hydrogen) atoms. The molecule has 2 N–H and O–H groups in total. The molecule has 5 rings (SSSR count). The number of anilines is 1. The Balaban J connectivity index is 1.13. The van der Waals surface area contributed by atoms with E-state index in [9.17, 15) is 0 Å². The van der Waals surface area contributed by atoms with E-state index < -0.39 is 0 Å². The minimum Gasteiger partial charge on any atom is -0.494 e. The van der Waals surface area contributed by atoms with Crippen molar-refractivity contribution in [1.82, 2.24) is 35.5 Å². The Morgan fingerprint density at radius 2 is 2.03 bits per heavy atom. The van der Waals surface area contributed by atoms with Gasteiger partial charge in [0.05, 0.1) is 17.8 Å². The van der Waals surface area contributed by atoms with Gasteiger partial charge in [-0.15, -0.1) is 0 Å². The minimum atomic E-state index is 0.479. The fourth-order valence-electron chi connectivity index (χ4n) is 4.35. The van der Waals surface area contributed by atoms with Crippen molar-refractivity contribution in [2.24, 2.45) is 0 Å². The molecule has 0 atom stereocenters. The average Bonchev–Trinajstić information content (AvgIpc) is 3.34. The summed E-state index contributed by atoms with van der Waals surface area (Å²) in [6.45, 7) is 7.42. The van der Waals surface area contributed by atoms with Crippen molar-refractivity contribution in [1.29, 1.82) is 0 Å². The van der Waals surface area contributed by atoms with Crippen LogP contribution in [0.15, 0.2) is 42.7 Å². The molecule has 176 valence electrons. The van der Waals surface area contributed by atoms with Crippen molar-refractivity contribution < 1.29 is 4.74 Å². The third-order valence-corrected chi connectivity index (χ3v) is 6.18. The first-order chi connectivity index (χ1) is 16.7. The number of piperidine rings is 1. The van der Waals surface area contributed by atoms with Gasteiger partial charge >= 0.3 is 0 Å². The first-order valence-corrected chi connectivity index (χ1v) is 11.9. The van der Waals surface area contributed by atoms with Crippen LogP contribution in [-0.4, -0.2) is 62.4 Å². The Morgan fingerprint density at radius 1 is 1.15 bits per heavy atom. The van der Waals surface area contributed by atoms with Gasteiger partial charge in [0.2, 0.25) is 5.95 Å². The third-order valence-electron chi connectivity index (χ3n) is 6.18. The summed E-state index contributed by atoms with van der Waals surface area (Å²) in [5.74, 6) is 3.25. The third kappa shape index (κ3) is 4.99. The maximum Gasteiger partial charge on any atom is 0.226 e. The lowest BCUT2D eigenvalue weighted by molar-refractivity contribution is 0.340. The summed E-state index contributed by atoms with van der Waals surface area (Å²) in [6, 6.07) is 10.4. The summed E-state index contributed by atoms with van der Waals surface area (Å²) in [5, 5.41) is 12.1. The Bertz CT molecular complexity index is 1230. The number of pyridine rings is 1. The molecule has 0 aliphatic carbocycles. The maximum atomic E-state index is 5.62. The predicted octanol–water partition coefficient (Wildman–Crippen LogP) is 3.32. The summed E-state index contributed by atoms with van der Waals surface area (Å²) in [4.78, 5) is 20.6. The minimum absolute atomic E-state index is 0.479. The molecule has 0 bridgehead atoms. The van der Waals surface area contributed by atoms with Crippen molar-refractivity contribution in [2.45, 2.75) is 39.2 Å². The summed E-state index contributed by atoms with van der Waals surface area (Å²) in [6.07, 6.45) is 6.45. The van der Waals surface area contributed by atoms with E-state index in [1.807, 2.05) is 44.2 Å². The lowest BCUT2D eigenvalue weighted by Crippen LogP contribution is -2.43. The second kappa shape index (κ2) is 10.1. The van der Waals surface area contributed by atoms with E-state index in [1.165, 1.54) is 0 Å². The smallest absolute Gasteiger partial charge is 0.226 e. The first-order valence-electron chi connectivity index (χ1n) is 11.9. The molecule has 1 aliphatic heterocycles. The zero-order valence-corrected chi connectivity index (χ0v) is 19.7. The number of benzene rings is 1. The van der Waals surface area contributed by atoms with Gasteiger partial charge in [0.1, 0.15) is 11.6 Å². The molecule has 4 heterocycles. The van der Waals surface area contributed by atoms with Crippen LogP contribution in [0.25, 0.3) is 22.3 Å². The number of aromatic nitrogens is 6. The van der Waals surface area contributed by atoms with E-state index in [1.54, 1.807) is 12.4 Å². The maximum absolute atomic E-state index is 5.62. The highest BCUT2D eigenvalue weighted by Gasteiger charge is 2.21. The molecule has 0 spiro atoms. The molecule has 0 saturated carbocycles. The van der Waals surface area contributed by atoms with Gasteiger partial charge in [-0.25, -0.2) is 15.0 Å². The molecule has 9 heteroatoms. The van der Waals surface area contributed by atoms with E-state index in [-0.39, 0.29) is 0 Å². The molecular weight excluding hydrogens is 428 g/mol. The molecular formula is C25H30N8O. The standard InChI is InChI=1S/C25H30N8O/c1-3-34-20-6-7-22-21(15-20)17(2)28-25(29-22)33-13-9-19(10-14-33)27-12-8-23-30-24(32-31-23)18-5-4-11-26-16-18/h4-7,11,15-16,19,27H,3,8-10,12-14H2,1-2H3,(H,30,31,32). The van der Waals surface area contributed by atoms with Crippen LogP contribution in [0.2, 0.25) is 0 Å². The normalized spacial score (nSPS) is 14.6. The van der Waals surface area contributed by atoms with Gasteiger partial charge in [0.15, 0.2) is 5.82 Å². The van der Waals surface area contributed by atoms with Crippen LogP contribution < -0.4 is 15.0 Å². The number of hydrogen-bond donors (Lipinski definition) is 2. The van der Waals surface area contributed by atoms with Gasteiger partial charge in [-0.3, -0.25) is 10.1 Å². The molecule has 0 unspecified atom stereocenters. The topological polar surface area (TPSA) is 105 Å². The Hall–Kier alpha value is -3.59. The molecule has 1 saturated heterocycles. The van der Waals surface area contributed by atoms with E-state index in [2.05, 4.69) is 30.4 Å². The molecule has 4 aromatic rings. The van der Waals surface area contributed by atoms with Crippen LogP contribution in [0.4, 0.5) is 5.95 Å². The summed E-state index contributed by atoms with van der Waals surface area (Å²) >= 11 is 0. The van der Waals surface area contributed by atoms with Gasteiger partial charge in [0, 0.05) is 55.4 Å². The summed E-state index contributed by atoms with van der Waals surface area (Å²) < 4.78 is 5.62. The van der Waals surface area contributed by atoms with Crippen molar-refractivity contribution in [3.05, 3.63) is 54.2 Å². The summed E-state index contributed by atoms with van der Waals surface area (Å²) in [5.41, 5.74) is 2.87. The Kier molecular flexibility index (Phi) is 6.62. The number of aromatic amines is 1. The van der Waals surface area contributed by atoms with E-state index in [0.29, 0.717) is 18.5 Å². The zero-order valence-electron chi connectivity index (χ0n) is 19.7. The van der Waals surface area contributed by atoms with Crippen LogP contribution in [-0.2, 0) is 6.42 Å². The lowest BCUT2D eigenvalue weighted by atomic mass is 10.1. The number of nitrogens with one attached hydrogen (secondary N) is 2. The monoisotopic (exact) mass is 458 g/mol. The molecule has 1 fully saturated rings. The number of rotatable bonds is 8. The van der Waals surface area contributed by atoms with Crippen LogP contribution in [0.1, 0.15) is 31.3 Å². The lowest BCUT2D eigenvalue weighted by Gasteiger charge is -2.32. The largest absolute Gasteiger partial charge is 0.494 e. The number of aryl methyl sites for hydroxylation is 1. The second-order valence-electron chi connectivity index (χ2n) is 8.53. The highest BCUT2D eigenvalue weighted by Crippen LogP contribution is 2.25. The number of hydrogen-bond acceptors (Lipinski definition) is 8. The first kappa shape index (κ1) is 22.2. The van der Waals surface area contributed by atoms with Gasteiger partial charge in [-0.1, -0.05) is 0 Å². The highest BCUT2D eigenvalue weighted by atomic mass is 16.5. The molecule has 9 nitrogen and oxygen atoms in total. The Labute approximate surface area is 199 Å². The molecule has 3 aromatic heterocycles. The fourth-order valence-corrected chi connectivity index (χ4v) is 4.35. The van der Waals surface area contributed by atoms with Gasteiger partial charge in [-0.2, -0.15) is 5.10 Å². The molecule has 0 radical (unpaired) electrons. The van der Waals surface area contributed by atoms with E-state index in [0.717, 1.165) is 78.6 Å². The van der Waals surface area contributed by atoms with Crippen molar-refractivity contribution in [2.75, 3.05) is 31.1 Å². The van der Waals surface area contributed by atoms with Crippen LogP contribution >= 0.6 is 0 Å². The van der Waals surface area contributed by atoms with Crippen molar-refractivity contribution in [3.63, 3.8) is 0 Å². The van der Waals surface area contributed by atoms with Crippen LogP contribution in [0.3, 0.4) is 0 Å². The van der Waals surface area contributed by atoms with Crippen LogP contribution in [0, 0.1) is 6.92 Å². The molecule has 0 amide bonds. The Morgan fingerprint density at radius 3 is 2.82 bits per heavy atom. The fraction of sp³-hybridized carbons (Fsp3) is 0.400. The average molecular weight is 459 g/mol. The number of ether oxygens (including phenoxy) is 1. The number of fused-ring (bicyclic) bond motifs is 1. The van der Waals surface area contributed by atoms with E-state index >= 15 is 0 Å². The highest BCUT2D eigenvalue weighted by molar-refractivity contribution is 5.83. The number of H-pyrrole nitrogens is 1. The second-order valence-corrected chi connectivity index (χ2v) is 8.53. The van der Waals surface area contributed by atoms with Gasteiger partial charge < -0.3 is 15.0 Å². The molecule has 1 aliphatic rings. The van der Waals surface area contributed by atoms with Gasteiger partial charge in [0.25, 0.3) is 0 Å². The molecule has 1 aromatic carbocycles. The zero-order chi connectivity index (χ0) is 23.3. The van der Waals surface area contributed by atoms with E-state index in [4.69, 9.17) is 14.7 Å². The SMILES string of the molecule is CCOc1ccc2nc(N3CCC(NCCc4nc(-c5cccnc5)n[nH]4)CC3)nc(C)c2c1. The van der Waals surface area contributed by atoms with Crippen molar-refractivity contribution >= 4 is 16.9 Å². The van der Waals surface area contributed by atoms with Gasteiger partial charge in [-0.05, 0) is 57.0 Å². The number of nitrogens with zero attached hydrogens (tertiary/aromatic N) is 6. The van der Waals surface area contributed by atoms with Crippen molar-refractivity contribution in [3.8, 4) is 17.1 Å². The van der Waals surface area contributed by atoms with Crippen LogP contribution in [0.5, 0.6) is 5.75 Å². The summed E-state index contributed by atoms with van der Waals surface area (Å²) in [7, 11) is 0. The predicted molar refractivity (Wildman–Crippen MR) is 132 cm³/mol.